The van der Waals surface area contributed by atoms with E-state index in [4.69, 9.17) is 4.74 Å². The largest absolute Gasteiger partial charge is 0.377 e. The van der Waals surface area contributed by atoms with E-state index in [9.17, 15) is 0 Å². The van der Waals surface area contributed by atoms with Crippen LogP contribution < -0.4 is 5.32 Å². The van der Waals surface area contributed by atoms with Gasteiger partial charge in [0.2, 0.25) is 0 Å². The van der Waals surface area contributed by atoms with E-state index in [0.29, 0.717) is 18.1 Å². The molecule has 1 fully saturated rings. The summed E-state index contributed by atoms with van der Waals surface area (Å²) in [6.45, 7) is 11.0. The standard InChI is InChI=1S/C16H27NOS/c1-12(2)10-18-15-9-14(16(15,3)4)17-7-5-13-6-8-19-11-13/h6,8,11-12,14-15,17H,5,7,9-10H2,1-4H3. The number of nitrogens with one attached hydrogen (secondary N) is 1. The molecule has 0 spiro atoms. The van der Waals surface area contributed by atoms with Crippen LogP contribution in [0.1, 0.15) is 39.7 Å². The van der Waals surface area contributed by atoms with Crippen LogP contribution in [0.15, 0.2) is 16.8 Å². The van der Waals surface area contributed by atoms with E-state index >= 15 is 0 Å². The van der Waals surface area contributed by atoms with Crippen LogP contribution in [0.2, 0.25) is 0 Å². The molecule has 2 atom stereocenters. The SMILES string of the molecule is CC(C)COC1CC(NCCc2ccsc2)C1(C)C. The summed E-state index contributed by atoms with van der Waals surface area (Å²) in [5, 5.41) is 8.08. The average Bonchev–Trinajstić information content (AvgIpc) is 2.84. The van der Waals surface area contributed by atoms with Gasteiger partial charge >= 0.3 is 0 Å². The van der Waals surface area contributed by atoms with E-state index in [1.165, 1.54) is 5.56 Å². The molecule has 1 saturated carbocycles. The molecule has 1 heterocycles. The molecule has 0 bridgehead atoms. The number of thiophene rings is 1. The van der Waals surface area contributed by atoms with E-state index < -0.39 is 0 Å². The van der Waals surface area contributed by atoms with Gasteiger partial charge in [0.15, 0.2) is 0 Å². The van der Waals surface area contributed by atoms with Crippen molar-refractivity contribution >= 4 is 11.3 Å². The molecule has 1 aliphatic carbocycles. The minimum absolute atomic E-state index is 0.267. The summed E-state index contributed by atoms with van der Waals surface area (Å²) in [7, 11) is 0. The van der Waals surface area contributed by atoms with Gasteiger partial charge in [-0.15, -0.1) is 0 Å². The highest BCUT2D eigenvalue weighted by Crippen LogP contribution is 2.42. The van der Waals surface area contributed by atoms with E-state index in [1.54, 1.807) is 11.3 Å². The molecule has 19 heavy (non-hydrogen) atoms. The number of ether oxygens (including phenoxy) is 1. The molecule has 1 N–H and O–H groups in total. The van der Waals surface area contributed by atoms with Crippen molar-refractivity contribution in [3.63, 3.8) is 0 Å². The molecule has 2 unspecified atom stereocenters. The Morgan fingerprint density at radius 3 is 2.84 bits per heavy atom. The minimum Gasteiger partial charge on any atom is -0.377 e. The Labute approximate surface area is 121 Å². The van der Waals surface area contributed by atoms with Crippen LogP contribution in [0.4, 0.5) is 0 Å². The molecular weight excluding hydrogens is 254 g/mol. The highest BCUT2D eigenvalue weighted by atomic mass is 32.1. The maximum Gasteiger partial charge on any atom is 0.0656 e. The third kappa shape index (κ3) is 3.80. The molecule has 108 valence electrons. The summed E-state index contributed by atoms with van der Waals surface area (Å²) in [6.07, 6.45) is 2.71. The Balaban J connectivity index is 1.69. The lowest BCUT2D eigenvalue weighted by atomic mass is 9.64. The highest BCUT2D eigenvalue weighted by molar-refractivity contribution is 7.07. The fourth-order valence-electron chi connectivity index (χ4n) is 2.65. The van der Waals surface area contributed by atoms with E-state index in [-0.39, 0.29) is 5.41 Å². The zero-order valence-electron chi connectivity index (χ0n) is 12.6. The van der Waals surface area contributed by atoms with Gasteiger partial charge in [-0.1, -0.05) is 27.7 Å². The Morgan fingerprint density at radius 2 is 2.26 bits per heavy atom. The first-order chi connectivity index (χ1) is 9.00. The number of hydrogen-bond acceptors (Lipinski definition) is 3. The number of rotatable bonds is 7. The van der Waals surface area contributed by atoms with Crippen LogP contribution in [0.5, 0.6) is 0 Å². The molecular formula is C16H27NOS. The Bertz CT molecular complexity index is 372. The molecule has 0 aromatic carbocycles. The summed E-state index contributed by atoms with van der Waals surface area (Å²) >= 11 is 1.78. The van der Waals surface area contributed by atoms with Crippen LogP contribution in [0.25, 0.3) is 0 Å². The lowest BCUT2D eigenvalue weighted by molar-refractivity contribution is -0.123. The third-order valence-corrected chi connectivity index (χ3v) is 4.93. The lowest BCUT2D eigenvalue weighted by Gasteiger charge is -2.52. The van der Waals surface area contributed by atoms with Gasteiger partial charge in [-0.25, -0.2) is 0 Å². The van der Waals surface area contributed by atoms with Crippen molar-refractivity contribution < 1.29 is 4.74 Å². The van der Waals surface area contributed by atoms with Gasteiger partial charge in [0, 0.05) is 18.1 Å². The second kappa shape index (κ2) is 6.38. The van der Waals surface area contributed by atoms with E-state index in [2.05, 4.69) is 49.8 Å². The summed E-state index contributed by atoms with van der Waals surface area (Å²) in [4.78, 5) is 0. The fraction of sp³-hybridized carbons (Fsp3) is 0.750. The molecule has 1 aromatic rings. The van der Waals surface area contributed by atoms with Crippen LogP contribution in [0.3, 0.4) is 0 Å². The predicted molar refractivity (Wildman–Crippen MR) is 82.8 cm³/mol. The second-order valence-electron chi connectivity index (χ2n) is 6.66. The van der Waals surface area contributed by atoms with Crippen molar-refractivity contribution in [2.75, 3.05) is 13.2 Å². The molecule has 3 heteroatoms. The smallest absolute Gasteiger partial charge is 0.0656 e. The topological polar surface area (TPSA) is 21.3 Å². The fourth-order valence-corrected chi connectivity index (χ4v) is 3.35. The molecule has 0 aliphatic heterocycles. The Morgan fingerprint density at radius 1 is 1.47 bits per heavy atom. The van der Waals surface area contributed by atoms with Crippen molar-refractivity contribution in [2.24, 2.45) is 11.3 Å². The quantitative estimate of drug-likeness (QED) is 0.822. The maximum absolute atomic E-state index is 6.00. The average molecular weight is 281 g/mol. The van der Waals surface area contributed by atoms with Crippen LogP contribution >= 0.6 is 11.3 Å². The van der Waals surface area contributed by atoms with Crippen LogP contribution in [-0.4, -0.2) is 25.3 Å². The molecule has 1 aliphatic rings. The third-order valence-electron chi connectivity index (χ3n) is 4.19. The van der Waals surface area contributed by atoms with Crippen molar-refractivity contribution in [3.8, 4) is 0 Å². The van der Waals surface area contributed by atoms with Gasteiger partial charge in [-0.05, 0) is 47.7 Å². The first-order valence-corrected chi connectivity index (χ1v) is 8.30. The molecule has 2 rings (SSSR count). The van der Waals surface area contributed by atoms with Crippen LogP contribution in [0, 0.1) is 11.3 Å². The van der Waals surface area contributed by atoms with Gasteiger partial charge in [0.25, 0.3) is 0 Å². The van der Waals surface area contributed by atoms with Crippen molar-refractivity contribution in [1.82, 2.24) is 5.32 Å². The highest BCUT2D eigenvalue weighted by Gasteiger charge is 2.48. The Kier molecular flexibility index (Phi) is 5.04. The van der Waals surface area contributed by atoms with Crippen molar-refractivity contribution in [1.29, 1.82) is 0 Å². The van der Waals surface area contributed by atoms with Crippen LogP contribution in [-0.2, 0) is 11.2 Å². The predicted octanol–water partition coefficient (Wildman–Crippen LogP) is 3.72. The molecule has 2 nitrogen and oxygen atoms in total. The first kappa shape index (κ1) is 15.0. The zero-order valence-corrected chi connectivity index (χ0v) is 13.4. The van der Waals surface area contributed by atoms with Crippen molar-refractivity contribution in [2.45, 2.75) is 52.7 Å². The lowest BCUT2D eigenvalue weighted by Crippen LogP contribution is -2.61. The van der Waals surface area contributed by atoms with E-state index in [1.807, 2.05) is 0 Å². The zero-order chi connectivity index (χ0) is 13.9. The summed E-state index contributed by atoms with van der Waals surface area (Å²) in [5.41, 5.74) is 1.71. The normalized spacial score (nSPS) is 25.5. The van der Waals surface area contributed by atoms with Gasteiger partial charge in [0.05, 0.1) is 6.10 Å². The summed E-state index contributed by atoms with van der Waals surface area (Å²) in [5.74, 6) is 0.626. The second-order valence-corrected chi connectivity index (χ2v) is 7.44. The van der Waals surface area contributed by atoms with Gasteiger partial charge in [-0.3, -0.25) is 0 Å². The summed E-state index contributed by atoms with van der Waals surface area (Å²) < 4.78 is 6.00. The van der Waals surface area contributed by atoms with E-state index in [0.717, 1.165) is 26.0 Å². The monoisotopic (exact) mass is 281 g/mol. The summed E-state index contributed by atoms with van der Waals surface area (Å²) in [6, 6.07) is 2.82. The minimum atomic E-state index is 0.267. The molecule has 1 aromatic heterocycles. The molecule has 0 amide bonds. The van der Waals surface area contributed by atoms with Gasteiger partial charge in [0.1, 0.15) is 0 Å². The first-order valence-electron chi connectivity index (χ1n) is 7.36. The number of hydrogen-bond donors (Lipinski definition) is 1. The maximum atomic E-state index is 6.00. The van der Waals surface area contributed by atoms with Crippen molar-refractivity contribution in [3.05, 3.63) is 22.4 Å². The van der Waals surface area contributed by atoms with Gasteiger partial charge in [-0.2, -0.15) is 11.3 Å². The Hall–Kier alpha value is -0.380. The molecule has 0 saturated heterocycles. The van der Waals surface area contributed by atoms with Gasteiger partial charge < -0.3 is 10.1 Å². The molecule has 0 radical (unpaired) electrons.